The van der Waals surface area contributed by atoms with Gasteiger partial charge in [-0.3, -0.25) is 10.1 Å². The molecule has 1 aliphatic carbocycles. The molecule has 0 aliphatic heterocycles. The third-order valence-corrected chi connectivity index (χ3v) is 3.82. The first kappa shape index (κ1) is 14.5. The van der Waals surface area contributed by atoms with Gasteiger partial charge in [0, 0.05) is 13.1 Å². The van der Waals surface area contributed by atoms with Gasteiger partial charge in [-0.15, -0.1) is 0 Å². The van der Waals surface area contributed by atoms with Gasteiger partial charge >= 0.3 is 5.69 Å². The fourth-order valence-corrected chi connectivity index (χ4v) is 2.40. The van der Waals surface area contributed by atoms with Crippen molar-refractivity contribution in [1.29, 1.82) is 0 Å². The molecule has 1 saturated carbocycles. The van der Waals surface area contributed by atoms with Gasteiger partial charge < -0.3 is 10.6 Å². The number of aryl methyl sites for hydroxylation is 1. The zero-order chi connectivity index (χ0) is 14.8. The van der Waals surface area contributed by atoms with Crippen molar-refractivity contribution in [1.82, 2.24) is 9.97 Å². The maximum atomic E-state index is 11.2. The Balaban J connectivity index is 2.24. The van der Waals surface area contributed by atoms with E-state index in [1.54, 1.807) is 6.92 Å². The topological polar surface area (TPSA) is 93.0 Å². The minimum Gasteiger partial charge on any atom is -0.364 e. The number of aromatic nitrogens is 2. The van der Waals surface area contributed by atoms with Crippen molar-refractivity contribution in [2.75, 3.05) is 23.7 Å². The summed E-state index contributed by atoms with van der Waals surface area (Å²) in [6.07, 6.45) is 3.53. The van der Waals surface area contributed by atoms with E-state index in [-0.39, 0.29) is 11.1 Å². The molecule has 2 rings (SSSR count). The summed E-state index contributed by atoms with van der Waals surface area (Å²) in [5.41, 5.74) is 0.572. The van der Waals surface area contributed by atoms with E-state index in [0.29, 0.717) is 30.5 Å². The first-order valence-corrected chi connectivity index (χ1v) is 6.96. The molecule has 1 heterocycles. The molecule has 1 aliphatic rings. The minimum absolute atomic E-state index is 0.0328. The Morgan fingerprint density at radius 1 is 1.35 bits per heavy atom. The quantitative estimate of drug-likeness (QED) is 0.614. The molecule has 0 amide bonds. The molecule has 1 aromatic rings. The van der Waals surface area contributed by atoms with Crippen LogP contribution in [0.2, 0.25) is 0 Å². The van der Waals surface area contributed by atoms with Crippen molar-refractivity contribution < 1.29 is 4.92 Å². The molecule has 1 fully saturated rings. The zero-order valence-corrected chi connectivity index (χ0v) is 12.2. The summed E-state index contributed by atoms with van der Waals surface area (Å²) in [6.45, 7) is 7.14. The summed E-state index contributed by atoms with van der Waals surface area (Å²) in [5, 5.41) is 17.3. The molecule has 0 atom stereocenters. The molecule has 20 heavy (non-hydrogen) atoms. The van der Waals surface area contributed by atoms with Gasteiger partial charge in [0.05, 0.1) is 4.92 Å². The minimum atomic E-state index is -0.420. The van der Waals surface area contributed by atoms with E-state index >= 15 is 0 Å². The average molecular weight is 279 g/mol. The van der Waals surface area contributed by atoms with Gasteiger partial charge in [0.25, 0.3) is 0 Å². The van der Waals surface area contributed by atoms with Crippen LogP contribution in [0.25, 0.3) is 0 Å². The molecule has 0 radical (unpaired) electrons. The van der Waals surface area contributed by atoms with E-state index in [1.807, 2.05) is 6.92 Å². The SMILES string of the molecule is CCNc1nc(C)c([N+](=O)[O-])c(NCC2(C)CCC2)n1. The number of nitro groups is 1. The maximum Gasteiger partial charge on any atom is 0.332 e. The van der Waals surface area contributed by atoms with Gasteiger partial charge in [-0.05, 0) is 32.1 Å². The fraction of sp³-hybridized carbons (Fsp3) is 0.692. The molecular weight excluding hydrogens is 258 g/mol. The van der Waals surface area contributed by atoms with Crippen LogP contribution in [0.3, 0.4) is 0 Å². The molecule has 0 unspecified atom stereocenters. The lowest BCUT2D eigenvalue weighted by Gasteiger charge is -2.38. The highest BCUT2D eigenvalue weighted by Gasteiger charge is 2.32. The van der Waals surface area contributed by atoms with Gasteiger partial charge in [0.15, 0.2) is 0 Å². The van der Waals surface area contributed by atoms with Crippen LogP contribution < -0.4 is 10.6 Å². The van der Waals surface area contributed by atoms with E-state index < -0.39 is 4.92 Å². The lowest BCUT2D eigenvalue weighted by Crippen LogP contribution is -2.33. The first-order chi connectivity index (χ1) is 9.45. The molecule has 1 aromatic heterocycles. The van der Waals surface area contributed by atoms with Crippen molar-refractivity contribution in [2.24, 2.45) is 5.41 Å². The second kappa shape index (κ2) is 5.60. The summed E-state index contributed by atoms with van der Waals surface area (Å²) >= 11 is 0. The van der Waals surface area contributed by atoms with Gasteiger partial charge in [0.2, 0.25) is 11.8 Å². The Morgan fingerprint density at radius 2 is 2.05 bits per heavy atom. The van der Waals surface area contributed by atoms with Gasteiger partial charge in [-0.1, -0.05) is 13.3 Å². The number of hydrogen-bond donors (Lipinski definition) is 2. The Bertz CT molecular complexity index is 514. The van der Waals surface area contributed by atoms with Crippen LogP contribution in [0.4, 0.5) is 17.5 Å². The van der Waals surface area contributed by atoms with E-state index in [4.69, 9.17) is 0 Å². The summed E-state index contributed by atoms with van der Waals surface area (Å²) in [7, 11) is 0. The lowest BCUT2D eigenvalue weighted by atomic mass is 9.70. The van der Waals surface area contributed by atoms with Gasteiger partial charge in [-0.2, -0.15) is 4.98 Å². The van der Waals surface area contributed by atoms with Crippen LogP contribution in [-0.2, 0) is 0 Å². The second-order valence-electron chi connectivity index (χ2n) is 5.64. The predicted molar refractivity (Wildman–Crippen MR) is 78.0 cm³/mol. The van der Waals surface area contributed by atoms with Crippen molar-refractivity contribution in [3.8, 4) is 0 Å². The molecule has 0 saturated heterocycles. The van der Waals surface area contributed by atoms with Crippen LogP contribution in [-0.4, -0.2) is 28.0 Å². The summed E-state index contributed by atoms with van der Waals surface area (Å²) in [6, 6.07) is 0. The third kappa shape index (κ3) is 2.97. The third-order valence-electron chi connectivity index (χ3n) is 3.82. The van der Waals surface area contributed by atoms with E-state index in [9.17, 15) is 10.1 Å². The molecule has 2 N–H and O–H groups in total. The highest BCUT2D eigenvalue weighted by atomic mass is 16.6. The van der Waals surface area contributed by atoms with Crippen LogP contribution in [0, 0.1) is 22.5 Å². The highest BCUT2D eigenvalue weighted by molar-refractivity contribution is 5.60. The Labute approximate surface area is 118 Å². The highest BCUT2D eigenvalue weighted by Crippen LogP contribution is 2.40. The number of rotatable bonds is 6. The van der Waals surface area contributed by atoms with Gasteiger partial charge in [-0.25, -0.2) is 4.98 Å². The maximum absolute atomic E-state index is 11.2. The van der Waals surface area contributed by atoms with Crippen molar-refractivity contribution in [3.63, 3.8) is 0 Å². The Hall–Kier alpha value is -1.92. The molecule has 0 spiro atoms. The summed E-state index contributed by atoms with van der Waals surface area (Å²) in [5.74, 6) is 0.739. The van der Waals surface area contributed by atoms with Crippen LogP contribution in [0.15, 0.2) is 0 Å². The number of nitrogens with zero attached hydrogens (tertiary/aromatic N) is 3. The Kier molecular flexibility index (Phi) is 4.06. The smallest absolute Gasteiger partial charge is 0.332 e. The molecule has 110 valence electrons. The summed E-state index contributed by atoms with van der Waals surface area (Å²) in [4.78, 5) is 19.1. The normalized spacial score (nSPS) is 16.4. The van der Waals surface area contributed by atoms with Crippen molar-refractivity contribution in [2.45, 2.75) is 40.0 Å². The molecule has 7 heteroatoms. The number of nitrogens with one attached hydrogen (secondary N) is 2. The van der Waals surface area contributed by atoms with E-state index in [0.717, 1.165) is 12.8 Å². The zero-order valence-electron chi connectivity index (χ0n) is 12.2. The molecule has 0 aromatic carbocycles. The first-order valence-electron chi connectivity index (χ1n) is 6.96. The van der Waals surface area contributed by atoms with Crippen LogP contribution >= 0.6 is 0 Å². The molecule has 7 nitrogen and oxygen atoms in total. The van der Waals surface area contributed by atoms with Crippen LogP contribution in [0.5, 0.6) is 0 Å². The predicted octanol–water partition coefficient (Wildman–Crippen LogP) is 2.73. The van der Waals surface area contributed by atoms with Crippen molar-refractivity contribution in [3.05, 3.63) is 15.8 Å². The summed E-state index contributed by atoms with van der Waals surface area (Å²) < 4.78 is 0. The second-order valence-corrected chi connectivity index (χ2v) is 5.64. The average Bonchev–Trinajstić information content (AvgIpc) is 2.33. The van der Waals surface area contributed by atoms with Crippen LogP contribution in [0.1, 0.15) is 38.8 Å². The standard InChI is InChI=1S/C13H21N5O2/c1-4-14-12-16-9(2)10(18(19)20)11(17-12)15-8-13(3)6-5-7-13/h4-8H2,1-3H3,(H2,14,15,16,17). The Morgan fingerprint density at radius 3 is 2.55 bits per heavy atom. The fourth-order valence-electron chi connectivity index (χ4n) is 2.40. The number of hydrogen-bond acceptors (Lipinski definition) is 6. The van der Waals surface area contributed by atoms with E-state index in [2.05, 4.69) is 27.5 Å². The monoisotopic (exact) mass is 279 g/mol. The van der Waals surface area contributed by atoms with E-state index in [1.165, 1.54) is 6.42 Å². The molecule has 0 bridgehead atoms. The lowest BCUT2D eigenvalue weighted by molar-refractivity contribution is -0.385. The molecular formula is C13H21N5O2. The van der Waals surface area contributed by atoms with Crippen molar-refractivity contribution >= 4 is 17.5 Å². The number of anilines is 2. The van der Waals surface area contributed by atoms with Gasteiger partial charge in [0.1, 0.15) is 5.69 Å². The largest absolute Gasteiger partial charge is 0.364 e.